The van der Waals surface area contributed by atoms with Crippen LogP contribution >= 0.6 is 27.3 Å². The van der Waals surface area contributed by atoms with Gasteiger partial charge in [-0.1, -0.05) is 0 Å². The van der Waals surface area contributed by atoms with E-state index in [4.69, 9.17) is 9.47 Å². The van der Waals surface area contributed by atoms with E-state index in [-0.39, 0.29) is 0 Å². The zero-order valence-corrected chi connectivity index (χ0v) is 12.1. The number of carbonyl (C=O) groups excluding carboxylic acids is 1. The molecule has 0 saturated heterocycles. The Kier molecular flexibility index (Phi) is 4.38. The van der Waals surface area contributed by atoms with E-state index in [1.165, 1.54) is 0 Å². The summed E-state index contributed by atoms with van der Waals surface area (Å²) in [5.74, 6) is 1.20. The first kappa shape index (κ1) is 13.1. The summed E-state index contributed by atoms with van der Waals surface area (Å²) < 4.78 is 11.9. The van der Waals surface area contributed by atoms with Crippen molar-refractivity contribution in [2.75, 3.05) is 7.11 Å². The predicted octanol–water partition coefficient (Wildman–Crippen LogP) is 3.91. The number of carbonyl (C=O) groups is 1. The summed E-state index contributed by atoms with van der Waals surface area (Å²) in [7, 11) is 1.55. The van der Waals surface area contributed by atoms with Crippen molar-refractivity contribution in [3.8, 4) is 11.5 Å². The maximum Gasteiger partial charge on any atom is 0.161 e. The first-order valence-corrected chi connectivity index (χ1v) is 6.84. The monoisotopic (exact) mass is 326 g/mol. The molecule has 0 saturated carbocycles. The average Bonchev–Trinajstić information content (AvgIpc) is 2.82. The maximum absolute atomic E-state index is 10.7. The Morgan fingerprint density at radius 2 is 2.11 bits per heavy atom. The fraction of sp³-hybridized carbons (Fsp3) is 0.154. The number of hydrogen-bond donors (Lipinski definition) is 0. The zero-order chi connectivity index (χ0) is 13.0. The molecule has 0 spiro atoms. The van der Waals surface area contributed by atoms with E-state index in [1.54, 1.807) is 36.6 Å². The van der Waals surface area contributed by atoms with Gasteiger partial charge >= 0.3 is 0 Å². The van der Waals surface area contributed by atoms with Gasteiger partial charge in [-0.15, -0.1) is 11.3 Å². The highest BCUT2D eigenvalue weighted by molar-refractivity contribution is 9.11. The molecule has 0 fully saturated rings. The van der Waals surface area contributed by atoms with E-state index in [2.05, 4.69) is 15.9 Å². The van der Waals surface area contributed by atoms with Gasteiger partial charge in [-0.05, 0) is 46.3 Å². The van der Waals surface area contributed by atoms with Crippen LogP contribution in [0.5, 0.6) is 11.5 Å². The highest BCUT2D eigenvalue weighted by Crippen LogP contribution is 2.29. The Morgan fingerprint density at radius 3 is 2.72 bits per heavy atom. The molecule has 0 atom stereocenters. The molecule has 5 heteroatoms. The van der Waals surface area contributed by atoms with Crippen LogP contribution in [0.25, 0.3) is 0 Å². The topological polar surface area (TPSA) is 35.5 Å². The second-order valence-electron chi connectivity index (χ2n) is 3.52. The van der Waals surface area contributed by atoms with Crippen molar-refractivity contribution in [2.24, 2.45) is 0 Å². The van der Waals surface area contributed by atoms with Gasteiger partial charge in [-0.3, -0.25) is 4.79 Å². The first-order chi connectivity index (χ1) is 8.72. The maximum atomic E-state index is 10.7. The fourth-order valence-corrected chi connectivity index (χ4v) is 2.85. The lowest BCUT2D eigenvalue weighted by Crippen LogP contribution is -1.96. The van der Waals surface area contributed by atoms with Gasteiger partial charge in [0.2, 0.25) is 0 Å². The standard InChI is InChI=1S/C13H11BrO3S/c1-16-12-6-9(7-15)2-4-11(12)17-8-10-3-5-13(14)18-10/h2-7H,8H2,1H3. The summed E-state index contributed by atoms with van der Waals surface area (Å²) in [6.45, 7) is 0.479. The molecule has 0 radical (unpaired) electrons. The van der Waals surface area contributed by atoms with Gasteiger partial charge in [-0.25, -0.2) is 0 Å². The Morgan fingerprint density at radius 1 is 1.28 bits per heavy atom. The minimum atomic E-state index is 0.479. The number of aldehydes is 1. The minimum absolute atomic E-state index is 0.479. The van der Waals surface area contributed by atoms with E-state index < -0.39 is 0 Å². The van der Waals surface area contributed by atoms with Crippen molar-refractivity contribution in [2.45, 2.75) is 6.61 Å². The lowest BCUT2D eigenvalue weighted by atomic mass is 10.2. The van der Waals surface area contributed by atoms with Crippen molar-refractivity contribution in [1.82, 2.24) is 0 Å². The van der Waals surface area contributed by atoms with Gasteiger partial charge < -0.3 is 9.47 Å². The van der Waals surface area contributed by atoms with Crippen LogP contribution in [0.4, 0.5) is 0 Å². The summed E-state index contributed by atoms with van der Waals surface area (Å²) in [5.41, 5.74) is 0.568. The third-order valence-electron chi connectivity index (χ3n) is 2.32. The van der Waals surface area contributed by atoms with E-state index >= 15 is 0 Å². The van der Waals surface area contributed by atoms with Crippen molar-refractivity contribution in [1.29, 1.82) is 0 Å². The van der Waals surface area contributed by atoms with Crippen molar-refractivity contribution < 1.29 is 14.3 Å². The normalized spacial score (nSPS) is 10.1. The quantitative estimate of drug-likeness (QED) is 0.781. The van der Waals surface area contributed by atoms with Gasteiger partial charge in [0.25, 0.3) is 0 Å². The van der Waals surface area contributed by atoms with Gasteiger partial charge in [0.1, 0.15) is 12.9 Å². The van der Waals surface area contributed by atoms with E-state index in [0.717, 1.165) is 14.9 Å². The molecule has 0 aliphatic carbocycles. The molecule has 0 aliphatic heterocycles. The molecule has 94 valence electrons. The summed E-state index contributed by atoms with van der Waals surface area (Å²) in [6, 6.07) is 9.09. The van der Waals surface area contributed by atoms with E-state index in [9.17, 15) is 4.79 Å². The molecule has 2 aromatic rings. The molecular weight excluding hydrogens is 316 g/mol. The average molecular weight is 327 g/mol. The van der Waals surface area contributed by atoms with Crippen LogP contribution in [-0.2, 0) is 6.61 Å². The van der Waals surface area contributed by atoms with Crippen LogP contribution in [-0.4, -0.2) is 13.4 Å². The van der Waals surface area contributed by atoms with Crippen LogP contribution in [0.3, 0.4) is 0 Å². The third kappa shape index (κ3) is 3.11. The van der Waals surface area contributed by atoms with Crippen LogP contribution in [0, 0.1) is 0 Å². The second kappa shape index (κ2) is 6.02. The largest absolute Gasteiger partial charge is 0.493 e. The smallest absolute Gasteiger partial charge is 0.161 e. The molecule has 3 nitrogen and oxygen atoms in total. The lowest BCUT2D eigenvalue weighted by molar-refractivity contribution is 0.112. The summed E-state index contributed by atoms with van der Waals surface area (Å²) in [4.78, 5) is 11.8. The van der Waals surface area contributed by atoms with Gasteiger partial charge in [-0.2, -0.15) is 0 Å². The third-order valence-corrected chi connectivity index (χ3v) is 3.92. The van der Waals surface area contributed by atoms with E-state index in [1.807, 2.05) is 12.1 Å². The van der Waals surface area contributed by atoms with Gasteiger partial charge in [0.15, 0.2) is 11.5 Å². The van der Waals surface area contributed by atoms with Gasteiger partial charge in [0.05, 0.1) is 10.9 Å². The highest BCUT2D eigenvalue weighted by atomic mass is 79.9. The molecule has 1 heterocycles. The Labute approximate surface area is 117 Å². The summed E-state index contributed by atoms with van der Waals surface area (Å²) in [5, 5.41) is 0. The van der Waals surface area contributed by atoms with Crippen molar-refractivity contribution >= 4 is 33.6 Å². The number of benzene rings is 1. The SMILES string of the molecule is COc1cc(C=O)ccc1OCc1ccc(Br)s1. The van der Waals surface area contributed by atoms with Crippen LogP contribution in [0.15, 0.2) is 34.1 Å². The number of methoxy groups -OCH3 is 1. The fourth-order valence-electron chi connectivity index (χ4n) is 1.45. The molecule has 0 N–H and O–H groups in total. The zero-order valence-electron chi connectivity index (χ0n) is 9.68. The van der Waals surface area contributed by atoms with Crippen LogP contribution in [0.2, 0.25) is 0 Å². The molecule has 1 aromatic heterocycles. The number of halogens is 1. The molecule has 2 rings (SSSR count). The molecular formula is C13H11BrO3S. The minimum Gasteiger partial charge on any atom is -0.493 e. The van der Waals surface area contributed by atoms with Gasteiger partial charge in [0, 0.05) is 10.4 Å². The number of hydrogen-bond acceptors (Lipinski definition) is 4. The van der Waals surface area contributed by atoms with Crippen LogP contribution in [0.1, 0.15) is 15.2 Å². The lowest BCUT2D eigenvalue weighted by Gasteiger charge is -2.10. The predicted molar refractivity (Wildman–Crippen MR) is 74.7 cm³/mol. The molecule has 0 aliphatic rings. The molecule has 0 amide bonds. The van der Waals surface area contributed by atoms with Crippen LogP contribution < -0.4 is 9.47 Å². The number of ether oxygens (including phenoxy) is 2. The molecule has 0 bridgehead atoms. The Hall–Kier alpha value is -1.33. The number of thiophene rings is 1. The molecule has 1 aromatic carbocycles. The summed E-state index contributed by atoms with van der Waals surface area (Å²) >= 11 is 5.03. The van der Waals surface area contributed by atoms with Crippen molar-refractivity contribution in [3.05, 3.63) is 44.6 Å². The first-order valence-electron chi connectivity index (χ1n) is 5.23. The number of rotatable bonds is 5. The van der Waals surface area contributed by atoms with E-state index in [0.29, 0.717) is 23.7 Å². The molecule has 0 unspecified atom stereocenters. The second-order valence-corrected chi connectivity index (χ2v) is 6.07. The highest BCUT2D eigenvalue weighted by Gasteiger charge is 2.06. The van der Waals surface area contributed by atoms with Crippen molar-refractivity contribution in [3.63, 3.8) is 0 Å². The Bertz CT molecular complexity index is 551. The molecule has 18 heavy (non-hydrogen) atoms. The Balaban J connectivity index is 2.11. The summed E-state index contributed by atoms with van der Waals surface area (Å²) in [6.07, 6.45) is 0.780.